The standard InChI is InChI=1S/C16H22N2O2/c1-13-3-5-14(6-4-13)17-15(19)18-9-2-7-16(11-18)8-10-20-12-16/h3-6H,2,7-12H2,1H3,(H,17,19)/t16-/m1/s1. The number of rotatable bonds is 1. The number of nitrogens with one attached hydrogen (secondary N) is 1. The van der Waals surface area contributed by atoms with Crippen LogP contribution < -0.4 is 5.32 Å². The fourth-order valence-electron chi connectivity index (χ4n) is 3.19. The lowest BCUT2D eigenvalue weighted by atomic mass is 9.79. The first-order valence-electron chi connectivity index (χ1n) is 7.37. The normalized spacial score (nSPS) is 25.9. The summed E-state index contributed by atoms with van der Waals surface area (Å²) in [5.41, 5.74) is 2.27. The van der Waals surface area contributed by atoms with Crippen LogP contribution >= 0.6 is 0 Å². The first-order valence-corrected chi connectivity index (χ1v) is 7.37. The third-order valence-electron chi connectivity index (χ3n) is 4.44. The SMILES string of the molecule is Cc1ccc(NC(=O)N2CCC[C@@]3(CCOC3)C2)cc1. The van der Waals surface area contributed by atoms with Gasteiger partial charge in [0.25, 0.3) is 0 Å². The largest absolute Gasteiger partial charge is 0.381 e. The minimum absolute atomic E-state index is 0.0137. The summed E-state index contributed by atoms with van der Waals surface area (Å²) in [5, 5.41) is 2.99. The van der Waals surface area contributed by atoms with Gasteiger partial charge >= 0.3 is 6.03 Å². The Kier molecular flexibility index (Phi) is 3.66. The zero-order valence-corrected chi connectivity index (χ0v) is 12.0. The summed E-state index contributed by atoms with van der Waals surface area (Å²) < 4.78 is 5.54. The van der Waals surface area contributed by atoms with E-state index in [0.717, 1.165) is 44.8 Å². The van der Waals surface area contributed by atoms with Crippen molar-refractivity contribution in [1.82, 2.24) is 4.90 Å². The van der Waals surface area contributed by atoms with Gasteiger partial charge in [0.15, 0.2) is 0 Å². The van der Waals surface area contributed by atoms with Gasteiger partial charge in [-0.3, -0.25) is 0 Å². The highest BCUT2D eigenvalue weighted by Crippen LogP contribution is 2.37. The molecule has 3 rings (SSSR count). The van der Waals surface area contributed by atoms with Gasteiger partial charge in [-0.05, 0) is 38.3 Å². The predicted molar refractivity (Wildman–Crippen MR) is 78.9 cm³/mol. The summed E-state index contributed by atoms with van der Waals surface area (Å²) in [6.45, 7) is 5.36. The van der Waals surface area contributed by atoms with Crippen LogP contribution in [0.1, 0.15) is 24.8 Å². The van der Waals surface area contributed by atoms with Crippen molar-refractivity contribution in [1.29, 1.82) is 0 Å². The summed E-state index contributed by atoms with van der Waals surface area (Å²) in [6, 6.07) is 7.94. The molecular formula is C16H22N2O2. The number of benzene rings is 1. The van der Waals surface area contributed by atoms with E-state index in [0.29, 0.717) is 0 Å². The molecule has 4 nitrogen and oxygen atoms in total. The maximum Gasteiger partial charge on any atom is 0.321 e. The van der Waals surface area contributed by atoms with Gasteiger partial charge in [-0.25, -0.2) is 4.79 Å². The Morgan fingerprint density at radius 3 is 2.80 bits per heavy atom. The molecule has 2 amide bonds. The van der Waals surface area contributed by atoms with E-state index in [2.05, 4.69) is 5.32 Å². The molecule has 2 saturated heterocycles. The van der Waals surface area contributed by atoms with E-state index in [9.17, 15) is 4.79 Å². The van der Waals surface area contributed by atoms with Crippen LogP contribution in [0.5, 0.6) is 0 Å². The third kappa shape index (κ3) is 2.80. The van der Waals surface area contributed by atoms with E-state index < -0.39 is 0 Å². The third-order valence-corrected chi connectivity index (χ3v) is 4.44. The van der Waals surface area contributed by atoms with Gasteiger partial charge in [0, 0.05) is 30.8 Å². The lowest BCUT2D eigenvalue weighted by Crippen LogP contribution is -2.48. The predicted octanol–water partition coefficient (Wildman–Crippen LogP) is 3.03. The Morgan fingerprint density at radius 1 is 1.30 bits per heavy atom. The zero-order valence-electron chi connectivity index (χ0n) is 12.0. The number of ether oxygens (including phenoxy) is 1. The van der Waals surface area contributed by atoms with Crippen LogP contribution in [0.15, 0.2) is 24.3 Å². The molecule has 0 bridgehead atoms. The molecule has 20 heavy (non-hydrogen) atoms. The number of carbonyl (C=O) groups excluding carboxylic acids is 1. The molecule has 108 valence electrons. The Morgan fingerprint density at radius 2 is 2.10 bits per heavy atom. The summed E-state index contributed by atoms with van der Waals surface area (Å²) in [6.07, 6.45) is 3.34. The molecule has 2 fully saturated rings. The van der Waals surface area contributed by atoms with E-state index in [-0.39, 0.29) is 11.4 Å². The highest BCUT2D eigenvalue weighted by atomic mass is 16.5. The van der Waals surface area contributed by atoms with E-state index in [1.165, 1.54) is 12.0 Å². The summed E-state index contributed by atoms with van der Waals surface area (Å²) >= 11 is 0. The Hall–Kier alpha value is -1.55. The van der Waals surface area contributed by atoms with E-state index in [1.807, 2.05) is 36.1 Å². The van der Waals surface area contributed by atoms with Crippen LogP contribution in [0, 0.1) is 12.3 Å². The topological polar surface area (TPSA) is 41.6 Å². The second kappa shape index (κ2) is 5.44. The second-order valence-corrected chi connectivity index (χ2v) is 6.12. The molecule has 2 aliphatic rings. The molecule has 2 heterocycles. The molecule has 2 aliphatic heterocycles. The monoisotopic (exact) mass is 274 g/mol. The van der Waals surface area contributed by atoms with Gasteiger partial charge in [-0.15, -0.1) is 0 Å². The smallest absolute Gasteiger partial charge is 0.321 e. The Balaban J connectivity index is 1.63. The fourth-order valence-corrected chi connectivity index (χ4v) is 3.19. The van der Waals surface area contributed by atoms with Crippen LogP contribution in [0.3, 0.4) is 0 Å². The maximum absolute atomic E-state index is 12.4. The van der Waals surface area contributed by atoms with Crippen molar-refractivity contribution < 1.29 is 9.53 Å². The number of piperidine rings is 1. The van der Waals surface area contributed by atoms with E-state index in [1.54, 1.807) is 0 Å². The maximum atomic E-state index is 12.4. The second-order valence-electron chi connectivity index (χ2n) is 6.12. The minimum atomic E-state index is 0.0137. The molecule has 1 aromatic rings. The molecular weight excluding hydrogens is 252 g/mol. The van der Waals surface area contributed by atoms with Crippen LogP contribution in [0.2, 0.25) is 0 Å². The molecule has 0 aromatic heterocycles. The lowest BCUT2D eigenvalue weighted by molar-refractivity contribution is 0.0867. The van der Waals surface area contributed by atoms with Crippen molar-refractivity contribution in [2.45, 2.75) is 26.2 Å². The van der Waals surface area contributed by atoms with Gasteiger partial charge in [0.05, 0.1) is 6.61 Å². The molecule has 0 radical (unpaired) electrons. The number of hydrogen-bond acceptors (Lipinski definition) is 2. The molecule has 1 atom stereocenters. The van der Waals surface area contributed by atoms with Crippen molar-refractivity contribution in [3.63, 3.8) is 0 Å². The number of carbonyl (C=O) groups is 1. The van der Waals surface area contributed by atoms with Crippen LogP contribution in [0.25, 0.3) is 0 Å². The molecule has 0 aliphatic carbocycles. The Bertz CT molecular complexity index is 478. The molecule has 1 spiro atoms. The lowest BCUT2D eigenvalue weighted by Gasteiger charge is -2.39. The van der Waals surface area contributed by atoms with Gasteiger partial charge < -0.3 is 15.0 Å². The quantitative estimate of drug-likeness (QED) is 0.855. The van der Waals surface area contributed by atoms with Crippen molar-refractivity contribution in [2.75, 3.05) is 31.6 Å². The van der Waals surface area contributed by atoms with Crippen LogP contribution in [0.4, 0.5) is 10.5 Å². The Labute approximate surface area is 120 Å². The number of anilines is 1. The van der Waals surface area contributed by atoms with E-state index >= 15 is 0 Å². The molecule has 0 saturated carbocycles. The highest BCUT2D eigenvalue weighted by molar-refractivity contribution is 5.89. The van der Waals surface area contributed by atoms with Gasteiger partial charge in [-0.2, -0.15) is 0 Å². The van der Waals surface area contributed by atoms with Crippen molar-refractivity contribution in [3.05, 3.63) is 29.8 Å². The van der Waals surface area contributed by atoms with E-state index in [4.69, 9.17) is 4.74 Å². The number of hydrogen-bond donors (Lipinski definition) is 1. The van der Waals surface area contributed by atoms with Crippen molar-refractivity contribution >= 4 is 11.7 Å². The number of likely N-dealkylation sites (tertiary alicyclic amines) is 1. The molecule has 0 unspecified atom stereocenters. The van der Waals surface area contributed by atoms with Gasteiger partial charge in [0.2, 0.25) is 0 Å². The first kappa shape index (κ1) is 13.4. The first-order chi connectivity index (χ1) is 9.67. The summed E-state index contributed by atoms with van der Waals surface area (Å²) in [7, 11) is 0. The zero-order chi connectivity index (χ0) is 14.0. The van der Waals surface area contributed by atoms with Crippen molar-refractivity contribution in [3.8, 4) is 0 Å². The van der Waals surface area contributed by atoms with Crippen molar-refractivity contribution in [2.24, 2.45) is 5.41 Å². The highest BCUT2D eigenvalue weighted by Gasteiger charge is 2.40. The minimum Gasteiger partial charge on any atom is -0.381 e. The number of aryl methyl sites for hydroxylation is 1. The van der Waals surface area contributed by atoms with Crippen LogP contribution in [-0.2, 0) is 4.74 Å². The summed E-state index contributed by atoms with van der Waals surface area (Å²) in [4.78, 5) is 14.3. The van der Waals surface area contributed by atoms with Crippen LogP contribution in [-0.4, -0.2) is 37.2 Å². The number of nitrogens with zero attached hydrogens (tertiary/aromatic N) is 1. The summed E-state index contributed by atoms with van der Waals surface area (Å²) in [5.74, 6) is 0. The number of amides is 2. The molecule has 1 N–H and O–H groups in total. The molecule has 4 heteroatoms. The van der Waals surface area contributed by atoms with Gasteiger partial charge in [0.1, 0.15) is 0 Å². The fraction of sp³-hybridized carbons (Fsp3) is 0.562. The number of urea groups is 1. The average Bonchev–Trinajstić information content (AvgIpc) is 2.89. The molecule has 1 aromatic carbocycles. The van der Waals surface area contributed by atoms with Gasteiger partial charge in [-0.1, -0.05) is 17.7 Å². The average molecular weight is 274 g/mol.